The van der Waals surface area contributed by atoms with Crippen LogP contribution in [-0.4, -0.2) is 48.7 Å². The molecule has 8 heteroatoms. The van der Waals surface area contributed by atoms with Gasteiger partial charge in [-0.3, -0.25) is 9.59 Å². The second kappa shape index (κ2) is 12.4. The predicted octanol–water partition coefficient (Wildman–Crippen LogP) is 2.18. The van der Waals surface area contributed by atoms with E-state index < -0.39 is 29.9 Å². The predicted molar refractivity (Wildman–Crippen MR) is 109 cm³/mol. The molecule has 158 valence electrons. The Morgan fingerprint density at radius 1 is 1.11 bits per heavy atom. The number of benzene rings is 1. The summed E-state index contributed by atoms with van der Waals surface area (Å²) in [6.45, 7) is 6.69. The number of methoxy groups -OCH3 is 1. The fourth-order valence-electron chi connectivity index (χ4n) is 2.51. The smallest absolute Gasteiger partial charge is 0.328 e. The Hall–Kier alpha value is -2.12. The highest BCUT2D eigenvalue weighted by molar-refractivity contribution is 5.90. The summed E-state index contributed by atoms with van der Waals surface area (Å²) >= 11 is 0. The maximum absolute atomic E-state index is 12.6. The SMILES string of the molecule is COC(=O)[C@H](Cc1ccccc1)NC(=O)[C@H](CC(=O)O)NCCC(C)(C)C.Cl. The van der Waals surface area contributed by atoms with Gasteiger partial charge in [0.25, 0.3) is 0 Å². The number of hydrogen-bond donors (Lipinski definition) is 3. The van der Waals surface area contributed by atoms with E-state index in [9.17, 15) is 14.4 Å². The number of carbonyl (C=O) groups excluding carboxylic acids is 2. The first-order valence-electron chi connectivity index (χ1n) is 8.99. The van der Waals surface area contributed by atoms with Gasteiger partial charge < -0.3 is 20.5 Å². The summed E-state index contributed by atoms with van der Waals surface area (Å²) in [7, 11) is 1.25. The van der Waals surface area contributed by atoms with Crippen LogP contribution in [0.15, 0.2) is 30.3 Å². The van der Waals surface area contributed by atoms with E-state index in [1.807, 2.05) is 30.3 Å². The van der Waals surface area contributed by atoms with Gasteiger partial charge in [-0.25, -0.2) is 4.79 Å². The second-order valence-corrected chi connectivity index (χ2v) is 7.69. The summed E-state index contributed by atoms with van der Waals surface area (Å²) < 4.78 is 4.78. The average molecular weight is 415 g/mol. The molecule has 0 saturated carbocycles. The number of carboxylic acid groups (broad SMARTS) is 1. The van der Waals surface area contributed by atoms with Crippen LogP contribution in [0.25, 0.3) is 0 Å². The van der Waals surface area contributed by atoms with Crippen molar-refractivity contribution >= 4 is 30.3 Å². The normalized spacial score (nSPS) is 13.0. The Balaban J connectivity index is 0.00000729. The van der Waals surface area contributed by atoms with Gasteiger partial charge in [0.05, 0.1) is 19.6 Å². The van der Waals surface area contributed by atoms with Gasteiger partial charge in [-0.15, -0.1) is 12.4 Å². The average Bonchev–Trinajstić information content (AvgIpc) is 2.59. The lowest BCUT2D eigenvalue weighted by Gasteiger charge is -2.23. The molecule has 3 N–H and O–H groups in total. The molecule has 0 unspecified atom stereocenters. The minimum atomic E-state index is -1.09. The fraction of sp³-hybridized carbons (Fsp3) is 0.550. The van der Waals surface area contributed by atoms with E-state index in [-0.39, 0.29) is 30.7 Å². The van der Waals surface area contributed by atoms with Crippen LogP contribution in [0.2, 0.25) is 0 Å². The van der Waals surface area contributed by atoms with E-state index in [0.29, 0.717) is 6.54 Å². The van der Waals surface area contributed by atoms with E-state index in [4.69, 9.17) is 9.84 Å². The highest BCUT2D eigenvalue weighted by Crippen LogP contribution is 2.17. The van der Waals surface area contributed by atoms with Crippen molar-refractivity contribution in [1.82, 2.24) is 10.6 Å². The van der Waals surface area contributed by atoms with Crippen LogP contribution in [0, 0.1) is 5.41 Å². The van der Waals surface area contributed by atoms with Gasteiger partial charge in [0, 0.05) is 6.42 Å². The third-order valence-corrected chi connectivity index (χ3v) is 4.05. The zero-order valence-corrected chi connectivity index (χ0v) is 17.7. The van der Waals surface area contributed by atoms with Gasteiger partial charge >= 0.3 is 11.9 Å². The van der Waals surface area contributed by atoms with Crippen molar-refractivity contribution in [2.45, 2.75) is 52.1 Å². The van der Waals surface area contributed by atoms with E-state index in [2.05, 4.69) is 31.4 Å². The molecule has 1 aromatic carbocycles. The van der Waals surface area contributed by atoms with Crippen molar-refractivity contribution < 1.29 is 24.2 Å². The first-order valence-corrected chi connectivity index (χ1v) is 8.99. The molecule has 0 aliphatic heterocycles. The van der Waals surface area contributed by atoms with Crippen molar-refractivity contribution in [3.05, 3.63) is 35.9 Å². The van der Waals surface area contributed by atoms with Gasteiger partial charge in [0.15, 0.2) is 0 Å². The Morgan fingerprint density at radius 3 is 2.21 bits per heavy atom. The lowest BCUT2D eigenvalue weighted by Crippen LogP contribution is -2.52. The number of hydrogen-bond acceptors (Lipinski definition) is 5. The van der Waals surface area contributed by atoms with E-state index >= 15 is 0 Å². The third kappa shape index (κ3) is 10.3. The molecule has 0 aliphatic carbocycles. The standard InChI is InChI=1S/C20H30N2O5.ClH/c1-20(2,3)10-11-21-15(13-17(23)24)18(25)22-16(19(26)27-4)12-14-8-6-5-7-9-14;/h5-9,15-16,21H,10-13H2,1-4H3,(H,22,25)(H,23,24);1H/t15-,16-;/m0./s1. The van der Waals surface area contributed by atoms with Crippen LogP contribution in [-0.2, 0) is 25.5 Å². The highest BCUT2D eigenvalue weighted by Gasteiger charge is 2.28. The first-order chi connectivity index (χ1) is 12.6. The molecule has 28 heavy (non-hydrogen) atoms. The summed E-state index contributed by atoms with van der Waals surface area (Å²) in [5, 5.41) is 14.7. The van der Waals surface area contributed by atoms with Crippen molar-refractivity contribution in [3.8, 4) is 0 Å². The molecular formula is C20H31ClN2O5. The van der Waals surface area contributed by atoms with Crippen LogP contribution in [0.3, 0.4) is 0 Å². The lowest BCUT2D eigenvalue weighted by molar-refractivity contribution is -0.145. The quantitative estimate of drug-likeness (QED) is 0.507. The number of carbonyl (C=O) groups is 3. The molecule has 0 saturated heterocycles. The Kier molecular flexibility index (Phi) is 11.4. The molecule has 1 aromatic rings. The highest BCUT2D eigenvalue weighted by atomic mass is 35.5. The number of esters is 1. The topological polar surface area (TPSA) is 105 Å². The number of aliphatic carboxylic acids is 1. The minimum absolute atomic E-state index is 0. The van der Waals surface area contributed by atoms with E-state index in [1.54, 1.807) is 0 Å². The van der Waals surface area contributed by atoms with Crippen LogP contribution < -0.4 is 10.6 Å². The zero-order chi connectivity index (χ0) is 20.4. The van der Waals surface area contributed by atoms with E-state index in [0.717, 1.165) is 12.0 Å². The van der Waals surface area contributed by atoms with Gasteiger partial charge in [-0.05, 0) is 23.9 Å². The van der Waals surface area contributed by atoms with Gasteiger partial charge in [0.1, 0.15) is 6.04 Å². The Bertz CT molecular complexity index is 631. The lowest BCUT2D eigenvalue weighted by atomic mass is 9.92. The van der Waals surface area contributed by atoms with Crippen molar-refractivity contribution in [3.63, 3.8) is 0 Å². The molecule has 1 amide bonds. The van der Waals surface area contributed by atoms with Gasteiger partial charge in [0.2, 0.25) is 5.91 Å². The molecule has 0 spiro atoms. The van der Waals surface area contributed by atoms with Crippen LogP contribution in [0.4, 0.5) is 0 Å². The molecular weight excluding hydrogens is 384 g/mol. The number of carboxylic acids is 1. The fourth-order valence-corrected chi connectivity index (χ4v) is 2.51. The Labute approximate surface area is 172 Å². The molecule has 7 nitrogen and oxygen atoms in total. The molecule has 0 heterocycles. The minimum Gasteiger partial charge on any atom is -0.481 e. The van der Waals surface area contributed by atoms with Crippen LogP contribution >= 0.6 is 12.4 Å². The number of halogens is 1. The Morgan fingerprint density at radius 2 is 1.71 bits per heavy atom. The van der Waals surface area contributed by atoms with Crippen LogP contribution in [0.5, 0.6) is 0 Å². The van der Waals surface area contributed by atoms with Gasteiger partial charge in [-0.1, -0.05) is 51.1 Å². The monoisotopic (exact) mass is 414 g/mol. The summed E-state index contributed by atoms with van der Waals surface area (Å²) in [4.78, 5) is 35.8. The molecule has 2 atom stereocenters. The number of rotatable bonds is 10. The molecule has 0 aliphatic rings. The second-order valence-electron chi connectivity index (χ2n) is 7.69. The number of amides is 1. The molecule has 0 fully saturated rings. The maximum Gasteiger partial charge on any atom is 0.328 e. The maximum atomic E-state index is 12.6. The van der Waals surface area contributed by atoms with E-state index in [1.165, 1.54) is 7.11 Å². The zero-order valence-electron chi connectivity index (χ0n) is 16.9. The molecule has 0 radical (unpaired) electrons. The van der Waals surface area contributed by atoms with Crippen LogP contribution in [0.1, 0.15) is 39.2 Å². The summed E-state index contributed by atoms with van der Waals surface area (Å²) in [6, 6.07) is 7.42. The summed E-state index contributed by atoms with van der Waals surface area (Å²) in [5.41, 5.74) is 0.919. The van der Waals surface area contributed by atoms with Gasteiger partial charge in [-0.2, -0.15) is 0 Å². The third-order valence-electron chi connectivity index (χ3n) is 4.05. The largest absolute Gasteiger partial charge is 0.481 e. The molecule has 0 bridgehead atoms. The van der Waals surface area contributed by atoms with Crippen molar-refractivity contribution in [2.75, 3.05) is 13.7 Å². The van der Waals surface area contributed by atoms with Crippen molar-refractivity contribution in [2.24, 2.45) is 5.41 Å². The molecule has 0 aromatic heterocycles. The summed E-state index contributed by atoms with van der Waals surface area (Å²) in [6.07, 6.45) is 0.678. The molecule has 1 rings (SSSR count). The number of ether oxygens (including phenoxy) is 1. The first kappa shape index (κ1) is 25.9. The van der Waals surface area contributed by atoms with Crippen molar-refractivity contribution in [1.29, 1.82) is 0 Å². The number of nitrogens with one attached hydrogen (secondary N) is 2. The summed E-state index contributed by atoms with van der Waals surface area (Å²) in [5.74, 6) is -2.19.